The van der Waals surface area contributed by atoms with Crippen LogP contribution in [-0.2, 0) is 16.0 Å². The molecule has 1 saturated carbocycles. The van der Waals surface area contributed by atoms with Crippen LogP contribution in [0, 0.1) is 23.7 Å². The van der Waals surface area contributed by atoms with Gasteiger partial charge in [0.25, 0.3) is 0 Å². The molecule has 8 nitrogen and oxygen atoms in total. The molecule has 210 valence electrons. The average Bonchev–Trinajstić information content (AvgIpc) is 2.93. The van der Waals surface area contributed by atoms with Gasteiger partial charge in [0, 0.05) is 31.7 Å². The van der Waals surface area contributed by atoms with E-state index in [0.717, 1.165) is 47.7 Å². The fourth-order valence-electron chi connectivity index (χ4n) is 6.80. The van der Waals surface area contributed by atoms with Crippen molar-refractivity contribution in [1.82, 2.24) is 14.9 Å². The maximum atomic E-state index is 12.5. The van der Waals surface area contributed by atoms with Crippen LogP contribution in [0.5, 0.6) is 0 Å². The lowest BCUT2D eigenvalue weighted by Crippen LogP contribution is -2.57. The summed E-state index contributed by atoms with van der Waals surface area (Å²) in [5.41, 5.74) is 9.09. The molecule has 1 aromatic carbocycles. The normalized spacial score (nSPS) is 23.3. The number of nitrogens with zero attached hydrogens (tertiary/aromatic N) is 4. The Labute approximate surface area is 232 Å². The second-order valence-corrected chi connectivity index (χ2v) is 11.9. The number of carboxylic acid groups (broad SMARTS) is 1. The van der Waals surface area contributed by atoms with Gasteiger partial charge in [0.1, 0.15) is 0 Å². The minimum atomic E-state index is -0.863. The Balaban J connectivity index is 1.09. The number of rotatable bonds is 9. The van der Waals surface area contributed by atoms with E-state index in [-0.39, 0.29) is 19.0 Å². The Morgan fingerprint density at radius 3 is 2.18 bits per heavy atom. The molecule has 1 unspecified atom stereocenters. The van der Waals surface area contributed by atoms with E-state index in [1.807, 2.05) is 36.7 Å². The van der Waals surface area contributed by atoms with E-state index in [2.05, 4.69) is 21.8 Å². The molecule has 0 spiro atoms. The molecule has 5 rings (SSSR count). The Bertz CT molecular complexity index is 1100. The first-order chi connectivity index (χ1) is 18.9. The molecule has 1 aromatic heterocycles. The van der Waals surface area contributed by atoms with E-state index in [1.54, 1.807) is 0 Å². The second kappa shape index (κ2) is 12.5. The van der Waals surface area contributed by atoms with Crippen molar-refractivity contribution >= 4 is 17.6 Å². The number of piperidine rings is 1. The number of likely N-dealkylation sites (tertiary alicyclic amines) is 1. The fourth-order valence-corrected chi connectivity index (χ4v) is 6.80. The highest BCUT2D eigenvalue weighted by molar-refractivity contribution is 5.85. The number of carbonyl (C=O) groups is 2. The number of amides is 1. The number of hydrogen-bond donors (Lipinski definition) is 2. The molecule has 2 aliphatic heterocycles. The van der Waals surface area contributed by atoms with Crippen molar-refractivity contribution in [1.29, 1.82) is 0 Å². The van der Waals surface area contributed by atoms with Gasteiger partial charge in [0.2, 0.25) is 5.91 Å². The smallest absolute Gasteiger partial charge is 0.310 e. The van der Waals surface area contributed by atoms with Gasteiger partial charge in [0.05, 0.1) is 30.0 Å². The number of benzene rings is 1. The molecule has 3 N–H and O–H groups in total. The third-order valence-corrected chi connectivity index (χ3v) is 9.33. The summed E-state index contributed by atoms with van der Waals surface area (Å²) in [5.74, 6) is 1.93. The van der Waals surface area contributed by atoms with Gasteiger partial charge in [-0.2, -0.15) is 0 Å². The van der Waals surface area contributed by atoms with Gasteiger partial charge in [-0.25, -0.2) is 9.97 Å². The van der Waals surface area contributed by atoms with Crippen molar-refractivity contribution in [3.63, 3.8) is 0 Å². The average molecular weight is 534 g/mol. The summed E-state index contributed by atoms with van der Waals surface area (Å²) in [6.45, 7) is 4.97. The van der Waals surface area contributed by atoms with Gasteiger partial charge in [-0.3, -0.25) is 9.59 Å². The van der Waals surface area contributed by atoms with Crippen LogP contribution in [-0.4, -0.2) is 64.1 Å². The molecular formula is C31H43N5O3. The van der Waals surface area contributed by atoms with Gasteiger partial charge < -0.3 is 20.6 Å². The zero-order valence-corrected chi connectivity index (χ0v) is 23.2. The SMILES string of the molecule is CCCC1CCC(C2CCN(c3cnc(-c4ccc(CC(N)C(=O)N5CC(C(=O)O)C5)cc4)nc3)CC2)CC1. The van der Waals surface area contributed by atoms with Crippen LogP contribution >= 0.6 is 0 Å². The first kappa shape index (κ1) is 27.6. The van der Waals surface area contributed by atoms with E-state index < -0.39 is 17.9 Å². The van der Waals surface area contributed by atoms with Crippen molar-refractivity contribution < 1.29 is 14.7 Å². The number of nitrogens with two attached hydrogens (primary N) is 1. The Morgan fingerprint density at radius 1 is 0.974 bits per heavy atom. The number of carboxylic acids is 1. The molecule has 1 amide bonds. The van der Waals surface area contributed by atoms with E-state index in [4.69, 9.17) is 10.8 Å². The fraction of sp³-hybridized carbons (Fsp3) is 0.613. The van der Waals surface area contributed by atoms with Crippen LogP contribution in [0.25, 0.3) is 11.4 Å². The summed E-state index contributed by atoms with van der Waals surface area (Å²) in [5, 5.41) is 9.00. The number of carbonyl (C=O) groups excluding carboxylic acids is 1. The molecule has 39 heavy (non-hydrogen) atoms. The van der Waals surface area contributed by atoms with Crippen molar-refractivity contribution in [2.24, 2.45) is 29.4 Å². The van der Waals surface area contributed by atoms with Gasteiger partial charge in [-0.1, -0.05) is 56.9 Å². The van der Waals surface area contributed by atoms with Crippen LogP contribution in [0.1, 0.15) is 63.9 Å². The lowest BCUT2D eigenvalue weighted by molar-refractivity contribution is -0.153. The van der Waals surface area contributed by atoms with E-state index in [1.165, 1.54) is 56.3 Å². The summed E-state index contributed by atoms with van der Waals surface area (Å²) in [6, 6.07) is 7.16. The van der Waals surface area contributed by atoms with Gasteiger partial charge in [-0.15, -0.1) is 0 Å². The van der Waals surface area contributed by atoms with Crippen LogP contribution < -0.4 is 10.6 Å². The molecule has 2 saturated heterocycles. The number of aromatic nitrogens is 2. The lowest BCUT2D eigenvalue weighted by atomic mass is 9.72. The number of aliphatic carboxylic acids is 1. The summed E-state index contributed by atoms with van der Waals surface area (Å²) in [6.07, 6.45) is 15.3. The highest BCUT2D eigenvalue weighted by Crippen LogP contribution is 2.39. The first-order valence-electron chi connectivity index (χ1n) is 14.8. The van der Waals surface area contributed by atoms with E-state index in [9.17, 15) is 9.59 Å². The van der Waals surface area contributed by atoms with Crippen LogP contribution in [0.4, 0.5) is 5.69 Å². The highest BCUT2D eigenvalue weighted by Gasteiger charge is 2.37. The molecule has 0 radical (unpaired) electrons. The minimum Gasteiger partial charge on any atom is -0.481 e. The maximum Gasteiger partial charge on any atom is 0.310 e. The third kappa shape index (κ3) is 6.60. The highest BCUT2D eigenvalue weighted by atomic mass is 16.4. The van der Waals surface area contributed by atoms with Crippen LogP contribution in [0.15, 0.2) is 36.7 Å². The quantitative estimate of drug-likeness (QED) is 0.492. The molecular weight excluding hydrogens is 490 g/mol. The molecule has 3 aliphatic rings. The van der Waals surface area contributed by atoms with Crippen molar-refractivity contribution in [2.45, 2.75) is 70.8 Å². The van der Waals surface area contributed by atoms with Crippen LogP contribution in [0.2, 0.25) is 0 Å². The summed E-state index contributed by atoms with van der Waals surface area (Å²) < 4.78 is 0. The first-order valence-corrected chi connectivity index (χ1v) is 14.8. The van der Waals surface area contributed by atoms with Crippen molar-refractivity contribution in [3.05, 3.63) is 42.2 Å². The van der Waals surface area contributed by atoms with E-state index >= 15 is 0 Å². The minimum absolute atomic E-state index is 0.195. The van der Waals surface area contributed by atoms with Crippen molar-refractivity contribution in [3.8, 4) is 11.4 Å². The monoisotopic (exact) mass is 533 g/mol. The molecule has 0 bridgehead atoms. The zero-order chi connectivity index (χ0) is 27.4. The number of anilines is 1. The van der Waals surface area contributed by atoms with Crippen LogP contribution in [0.3, 0.4) is 0 Å². The Morgan fingerprint density at radius 2 is 1.59 bits per heavy atom. The standard InChI is InChI=1S/C31H43N5O3/c1-2-3-21-4-8-23(9-5-21)24-12-14-35(15-13-24)27-17-33-29(34-18-27)25-10-6-22(7-11-25)16-28(32)30(37)36-19-26(20-36)31(38)39/h6-7,10-11,17-18,21,23-24,26,28H,2-5,8-9,12-16,19-20,32H2,1H3,(H,38,39). The summed E-state index contributed by atoms with van der Waals surface area (Å²) >= 11 is 0. The lowest BCUT2D eigenvalue weighted by Gasteiger charge is -2.39. The predicted octanol–water partition coefficient (Wildman–Crippen LogP) is 4.38. The van der Waals surface area contributed by atoms with Gasteiger partial charge in [-0.05, 0) is 55.4 Å². The third-order valence-electron chi connectivity index (χ3n) is 9.33. The molecule has 8 heteroatoms. The predicted molar refractivity (Wildman–Crippen MR) is 152 cm³/mol. The topological polar surface area (TPSA) is 113 Å². The summed E-state index contributed by atoms with van der Waals surface area (Å²) in [4.78, 5) is 36.7. The van der Waals surface area contributed by atoms with Crippen molar-refractivity contribution in [2.75, 3.05) is 31.1 Å². The molecule has 3 heterocycles. The van der Waals surface area contributed by atoms with Gasteiger partial charge in [0.15, 0.2) is 5.82 Å². The molecule has 1 aliphatic carbocycles. The largest absolute Gasteiger partial charge is 0.481 e. The zero-order valence-electron chi connectivity index (χ0n) is 23.2. The Hall–Kier alpha value is -3.00. The van der Waals surface area contributed by atoms with E-state index in [0.29, 0.717) is 12.2 Å². The number of hydrogen-bond acceptors (Lipinski definition) is 6. The second-order valence-electron chi connectivity index (χ2n) is 11.9. The molecule has 3 fully saturated rings. The Kier molecular flexibility index (Phi) is 8.80. The molecule has 2 aromatic rings. The summed E-state index contributed by atoms with van der Waals surface area (Å²) in [7, 11) is 0. The maximum absolute atomic E-state index is 12.5. The van der Waals surface area contributed by atoms with Gasteiger partial charge >= 0.3 is 5.97 Å². The molecule has 1 atom stereocenters.